The Morgan fingerprint density at radius 3 is 2.07 bits per heavy atom. The van der Waals surface area contributed by atoms with Gasteiger partial charge >= 0.3 is 0 Å². The first-order valence-corrected chi connectivity index (χ1v) is 14.4. The molecular formula is C39H25NO. The Labute approximate surface area is 236 Å². The van der Waals surface area contributed by atoms with Crippen LogP contribution in [0.4, 0.5) is 0 Å². The second-order valence-electron chi connectivity index (χ2n) is 12.1. The van der Waals surface area contributed by atoms with Crippen LogP contribution >= 0.6 is 0 Å². The molecule has 0 saturated heterocycles. The predicted molar refractivity (Wildman–Crippen MR) is 172 cm³/mol. The molecule has 0 saturated carbocycles. The molecule has 2 aromatic heterocycles. The first-order valence-electron chi connectivity index (χ1n) is 14.4. The highest BCUT2D eigenvalue weighted by molar-refractivity contribution is 6.34. The lowest BCUT2D eigenvalue weighted by Gasteiger charge is -2.21. The van der Waals surface area contributed by atoms with E-state index in [-0.39, 0.29) is 5.41 Å². The fourth-order valence-electron chi connectivity index (χ4n) is 7.91. The van der Waals surface area contributed by atoms with E-state index in [1.54, 1.807) is 0 Å². The minimum Gasteiger partial charge on any atom is -0.454 e. The molecule has 0 atom stereocenters. The molecule has 0 fully saturated rings. The second kappa shape index (κ2) is 7.16. The molecule has 0 aliphatic heterocycles. The number of aromatic nitrogens is 1. The summed E-state index contributed by atoms with van der Waals surface area (Å²) < 4.78 is 9.24. The van der Waals surface area contributed by atoms with Crippen molar-refractivity contribution in [2.24, 2.45) is 0 Å². The van der Waals surface area contributed by atoms with E-state index in [0.717, 1.165) is 16.9 Å². The fraction of sp³-hybridized carbons (Fsp3) is 0.0769. The van der Waals surface area contributed by atoms with Crippen molar-refractivity contribution in [3.63, 3.8) is 0 Å². The largest absolute Gasteiger partial charge is 0.454 e. The smallest absolute Gasteiger partial charge is 0.160 e. The van der Waals surface area contributed by atoms with Gasteiger partial charge in [0.25, 0.3) is 0 Å². The topological polar surface area (TPSA) is 18.1 Å². The minimum atomic E-state index is -0.0701. The van der Waals surface area contributed by atoms with E-state index in [1.807, 2.05) is 0 Å². The minimum absolute atomic E-state index is 0.0701. The zero-order valence-electron chi connectivity index (χ0n) is 22.8. The number of hydrogen-bond donors (Lipinski definition) is 0. The molecule has 192 valence electrons. The highest BCUT2D eigenvalue weighted by atomic mass is 16.3. The summed E-state index contributed by atoms with van der Waals surface area (Å²) in [4.78, 5) is 0. The Kier molecular flexibility index (Phi) is 3.79. The molecule has 0 amide bonds. The average molecular weight is 524 g/mol. The number of hydrogen-bond acceptors (Lipinski definition) is 1. The van der Waals surface area contributed by atoms with Gasteiger partial charge in [-0.15, -0.1) is 0 Å². The summed E-state index contributed by atoms with van der Waals surface area (Å²) in [7, 11) is 0. The molecule has 41 heavy (non-hydrogen) atoms. The summed E-state index contributed by atoms with van der Waals surface area (Å²) in [6.07, 6.45) is 0. The highest BCUT2D eigenvalue weighted by Crippen LogP contribution is 2.51. The van der Waals surface area contributed by atoms with Gasteiger partial charge in [-0.2, -0.15) is 0 Å². The Morgan fingerprint density at radius 1 is 0.512 bits per heavy atom. The summed E-state index contributed by atoms with van der Waals surface area (Å²) in [5.74, 6) is 0. The molecule has 0 N–H and O–H groups in total. The van der Waals surface area contributed by atoms with Gasteiger partial charge in [-0.05, 0) is 74.1 Å². The standard InChI is InChI=1S/C39H25NO/c1-39(2)30-15-7-5-12-24(30)28-20-29-25-13-6-8-16-32(25)40(34(29)21-31(28)39)33-19-18-27-23-11-4-3-10-22(23)26-14-9-17-35-36(26)37(27)38(33)41-35/h3-21H,1-2H3. The zero-order chi connectivity index (χ0) is 27.0. The zero-order valence-corrected chi connectivity index (χ0v) is 22.8. The molecule has 2 heterocycles. The average Bonchev–Trinajstić information content (AvgIpc) is 3.63. The van der Waals surface area contributed by atoms with Crippen molar-refractivity contribution in [3.05, 3.63) is 126 Å². The number of fused-ring (bicyclic) bond motifs is 9. The maximum atomic E-state index is 6.80. The number of nitrogens with zero attached hydrogens (tertiary/aromatic N) is 1. The Morgan fingerprint density at radius 2 is 1.22 bits per heavy atom. The normalized spacial score (nSPS) is 14.3. The van der Waals surface area contributed by atoms with E-state index in [4.69, 9.17) is 4.42 Å². The van der Waals surface area contributed by atoms with Crippen molar-refractivity contribution in [1.29, 1.82) is 0 Å². The third-order valence-electron chi connectivity index (χ3n) is 9.75. The lowest BCUT2D eigenvalue weighted by Crippen LogP contribution is -2.14. The van der Waals surface area contributed by atoms with E-state index >= 15 is 0 Å². The molecule has 0 radical (unpaired) electrons. The van der Waals surface area contributed by atoms with Crippen molar-refractivity contribution in [3.8, 4) is 16.8 Å². The molecule has 0 spiro atoms. The predicted octanol–water partition coefficient (Wildman–Crippen LogP) is 10.7. The van der Waals surface area contributed by atoms with Gasteiger partial charge in [0, 0.05) is 27.0 Å². The highest BCUT2D eigenvalue weighted by Gasteiger charge is 2.36. The van der Waals surface area contributed by atoms with Crippen LogP contribution in [0.2, 0.25) is 0 Å². The van der Waals surface area contributed by atoms with Crippen LogP contribution in [0.25, 0.3) is 82.1 Å². The van der Waals surface area contributed by atoms with Crippen LogP contribution in [0.15, 0.2) is 120 Å². The van der Waals surface area contributed by atoms with Gasteiger partial charge in [-0.25, -0.2) is 0 Å². The number of para-hydroxylation sites is 1. The maximum Gasteiger partial charge on any atom is 0.160 e. The molecule has 0 unspecified atom stereocenters. The van der Waals surface area contributed by atoms with Gasteiger partial charge in [-0.1, -0.05) is 98.8 Å². The van der Waals surface area contributed by atoms with Gasteiger partial charge in [0.2, 0.25) is 0 Å². The summed E-state index contributed by atoms with van der Waals surface area (Å²) in [5.41, 5.74) is 10.8. The van der Waals surface area contributed by atoms with Crippen molar-refractivity contribution < 1.29 is 4.42 Å². The van der Waals surface area contributed by atoms with Crippen molar-refractivity contribution in [1.82, 2.24) is 4.57 Å². The van der Waals surface area contributed by atoms with Crippen molar-refractivity contribution in [2.75, 3.05) is 0 Å². The van der Waals surface area contributed by atoms with Crippen LogP contribution in [-0.4, -0.2) is 4.57 Å². The monoisotopic (exact) mass is 523 g/mol. The van der Waals surface area contributed by atoms with Crippen LogP contribution in [0.3, 0.4) is 0 Å². The molecule has 2 nitrogen and oxygen atoms in total. The number of rotatable bonds is 1. The van der Waals surface area contributed by atoms with Crippen LogP contribution in [0, 0.1) is 0 Å². The van der Waals surface area contributed by atoms with E-state index < -0.39 is 0 Å². The Bertz CT molecular complexity index is 2560. The Hall–Kier alpha value is -5.08. The lowest BCUT2D eigenvalue weighted by atomic mass is 9.82. The van der Waals surface area contributed by atoms with Gasteiger partial charge in [-0.3, -0.25) is 0 Å². The van der Waals surface area contributed by atoms with Crippen LogP contribution < -0.4 is 0 Å². The van der Waals surface area contributed by atoms with Gasteiger partial charge in [0.15, 0.2) is 5.58 Å². The molecule has 7 aromatic carbocycles. The molecule has 10 rings (SSSR count). The third kappa shape index (κ3) is 2.50. The van der Waals surface area contributed by atoms with E-state index in [1.165, 1.54) is 76.4 Å². The summed E-state index contributed by atoms with van der Waals surface area (Å²) >= 11 is 0. The quantitative estimate of drug-likeness (QED) is 0.196. The van der Waals surface area contributed by atoms with Gasteiger partial charge < -0.3 is 8.98 Å². The van der Waals surface area contributed by atoms with Gasteiger partial charge in [0.1, 0.15) is 5.58 Å². The van der Waals surface area contributed by atoms with E-state index in [2.05, 4.69) is 134 Å². The summed E-state index contributed by atoms with van der Waals surface area (Å²) in [6, 6.07) is 42.3. The van der Waals surface area contributed by atoms with Crippen LogP contribution in [0.5, 0.6) is 0 Å². The molecule has 2 heteroatoms. The van der Waals surface area contributed by atoms with Gasteiger partial charge in [0.05, 0.1) is 16.7 Å². The second-order valence-corrected chi connectivity index (χ2v) is 12.1. The number of benzene rings is 7. The van der Waals surface area contributed by atoms with Crippen LogP contribution in [0.1, 0.15) is 25.0 Å². The van der Waals surface area contributed by atoms with Crippen LogP contribution in [-0.2, 0) is 5.41 Å². The summed E-state index contributed by atoms with van der Waals surface area (Å²) in [6.45, 7) is 4.71. The molecule has 1 aliphatic carbocycles. The van der Waals surface area contributed by atoms with E-state index in [0.29, 0.717) is 0 Å². The third-order valence-corrected chi connectivity index (χ3v) is 9.75. The first kappa shape index (κ1) is 21.7. The molecule has 0 bridgehead atoms. The SMILES string of the molecule is CC1(C)c2ccccc2-c2cc3c4ccccc4n(-c4ccc5c6ccccc6c6cccc7oc4c5c76)c3cc21. The molecular weight excluding hydrogens is 498 g/mol. The molecule has 1 aliphatic rings. The lowest BCUT2D eigenvalue weighted by molar-refractivity contribution is 0.660. The fourth-order valence-corrected chi connectivity index (χ4v) is 7.91. The number of furan rings is 1. The van der Waals surface area contributed by atoms with Crippen molar-refractivity contribution in [2.45, 2.75) is 19.3 Å². The van der Waals surface area contributed by atoms with E-state index in [9.17, 15) is 0 Å². The summed E-state index contributed by atoms with van der Waals surface area (Å²) in [5, 5.41) is 10.0. The molecule has 9 aromatic rings. The Balaban J connectivity index is 1.38. The maximum absolute atomic E-state index is 6.80. The van der Waals surface area contributed by atoms with Crippen molar-refractivity contribution >= 4 is 65.3 Å². The first-order chi connectivity index (χ1) is 20.1.